The highest BCUT2D eigenvalue weighted by Crippen LogP contribution is 2.42. The van der Waals surface area contributed by atoms with Crippen LogP contribution < -0.4 is 19.9 Å². The van der Waals surface area contributed by atoms with Crippen molar-refractivity contribution in [3.8, 4) is 11.5 Å². The summed E-state index contributed by atoms with van der Waals surface area (Å²) >= 11 is 5.90. The number of nitrogens with one attached hydrogen (secondary N) is 1. The number of hydrogen-bond donors (Lipinski definition) is 2. The maximum atomic E-state index is 13.0. The molecule has 1 aliphatic heterocycles. The van der Waals surface area contributed by atoms with Gasteiger partial charge < -0.3 is 14.8 Å². The van der Waals surface area contributed by atoms with Crippen molar-refractivity contribution >= 4 is 33.2 Å². The molecule has 2 aromatic rings. The third kappa shape index (κ3) is 3.65. The molecule has 0 spiro atoms. The maximum absolute atomic E-state index is 13.0. The Hall–Kier alpha value is -2.43. The van der Waals surface area contributed by atoms with E-state index < -0.39 is 22.2 Å². The molecule has 7 nitrogen and oxygen atoms in total. The minimum absolute atomic E-state index is 0.0165. The molecule has 0 saturated heterocycles. The van der Waals surface area contributed by atoms with Crippen LogP contribution in [0, 0.1) is 0 Å². The van der Waals surface area contributed by atoms with Crippen LogP contribution in [0.4, 0.5) is 14.5 Å². The van der Waals surface area contributed by atoms with Crippen molar-refractivity contribution < 1.29 is 31.5 Å². The molecule has 0 fully saturated rings. The van der Waals surface area contributed by atoms with E-state index >= 15 is 0 Å². The average Bonchev–Trinajstić information content (AvgIpc) is 2.79. The number of benzene rings is 2. The lowest BCUT2D eigenvalue weighted by Crippen LogP contribution is -2.25. The number of carbonyl (C=O) groups is 1. The van der Waals surface area contributed by atoms with Crippen LogP contribution in [0.3, 0.4) is 0 Å². The Labute approximate surface area is 145 Å². The van der Waals surface area contributed by atoms with Crippen LogP contribution in [0.1, 0.15) is 10.4 Å². The molecule has 1 aliphatic rings. The summed E-state index contributed by atoms with van der Waals surface area (Å²) in [6.07, 6.45) is -3.78. The molecule has 0 aromatic heterocycles. The number of carbonyl (C=O) groups excluding carboxylic acids is 1. The number of rotatable bonds is 3. The molecule has 3 rings (SSSR count). The van der Waals surface area contributed by atoms with E-state index in [0.29, 0.717) is 0 Å². The molecule has 11 heteroatoms. The Balaban J connectivity index is 1.87. The topological polar surface area (TPSA) is 108 Å². The third-order valence-corrected chi connectivity index (χ3v) is 4.41. The third-order valence-electron chi connectivity index (χ3n) is 3.17. The quantitative estimate of drug-likeness (QED) is 0.837. The fraction of sp³-hybridized carbons (Fsp3) is 0.0714. The van der Waals surface area contributed by atoms with E-state index in [0.717, 1.165) is 18.2 Å². The average molecular weight is 391 g/mol. The molecule has 25 heavy (non-hydrogen) atoms. The zero-order chi connectivity index (χ0) is 18.4. The van der Waals surface area contributed by atoms with Gasteiger partial charge in [-0.2, -0.15) is 0 Å². The predicted octanol–water partition coefficient (Wildman–Crippen LogP) is 2.56. The smallest absolute Gasteiger partial charge is 0.395 e. The molecule has 0 bridgehead atoms. The van der Waals surface area contributed by atoms with Gasteiger partial charge in [-0.1, -0.05) is 11.6 Å². The van der Waals surface area contributed by atoms with Gasteiger partial charge in [0.15, 0.2) is 11.5 Å². The summed E-state index contributed by atoms with van der Waals surface area (Å²) in [5, 5.41) is 7.39. The van der Waals surface area contributed by atoms with Gasteiger partial charge in [-0.25, -0.2) is 13.6 Å². The SMILES string of the molecule is NS(=O)(=O)c1ccc(Cl)c(C(=O)Nc2ccc3c(c2)OC(F)(F)O3)c1. The number of alkyl halides is 2. The molecule has 2 aromatic carbocycles. The van der Waals surface area contributed by atoms with E-state index in [1.807, 2.05) is 0 Å². The second-order valence-electron chi connectivity index (χ2n) is 4.97. The minimum Gasteiger partial charge on any atom is -0.395 e. The largest absolute Gasteiger partial charge is 0.586 e. The summed E-state index contributed by atoms with van der Waals surface area (Å²) in [5.74, 6) is -1.20. The van der Waals surface area contributed by atoms with Crippen LogP contribution >= 0.6 is 11.6 Å². The lowest BCUT2D eigenvalue weighted by atomic mass is 10.2. The van der Waals surface area contributed by atoms with E-state index in [-0.39, 0.29) is 32.7 Å². The lowest BCUT2D eigenvalue weighted by molar-refractivity contribution is -0.286. The van der Waals surface area contributed by atoms with Crippen molar-refractivity contribution in [1.82, 2.24) is 0 Å². The summed E-state index contributed by atoms with van der Waals surface area (Å²) < 4.78 is 57.2. The van der Waals surface area contributed by atoms with Crippen LogP contribution in [0.2, 0.25) is 5.02 Å². The van der Waals surface area contributed by atoms with Gasteiger partial charge in [-0.15, -0.1) is 8.78 Å². The van der Waals surface area contributed by atoms with Crippen molar-refractivity contribution in [2.24, 2.45) is 5.14 Å². The Morgan fingerprint density at radius 1 is 1.12 bits per heavy atom. The van der Waals surface area contributed by atoms with Crippen LogP contribution in [0.25, 0.3) is 0 Å². The molecule has 1 amide bonds. The zero-order valence-corrected chi connectivity index (χ0v) is 13.7. The molecule has 0 aliphatic carbocycles. The molecular weight excluding hydrogens is 382 g/mol. The maximum Gasteiger partial charge on any atom is 0.586 e. The first-order chi connectivity index (χ1) is 11.5. The van der Waals surface area contributed by atoms with Gasteiger partial charge in [-0.05, 0) is 30.3 Å². The highest BCUT2D eigenvalue weighted by atomic mass is 35.5. The molecule has 0 atom stereocenters. The number of fused-ring (bicyclic) bond motifs is 1. The van der Waals surface area contributed by atoms with Crippen LogP contribution in [-0.4, -0.2) is 20.6 Å². The summed E-state index contributed by atoms with van der Waals surface area (Å²) in [5.41, 5.74) is -0.0432. The van der Waals surface area contributed by atoms with Crippen LogP contribution in [-0.2, 0) is 10.0 Å². The first-order valence-electron chi connectivity index (χ1n) is 6.59. The Morgan fingerprint density at radius 3 is 2.48 bits per heavy atom. The number of ether oxygens (including phenoxy) is 2. The lowest BCUT2D eigenvalue weighted by Gasteiger charge is -2.09. The number of anilines is 1. The fourth-order valence-electron chi connectivity index (χ4n) is 2.08. The monoisotopic (exact) mass is 390 g/mol. The number of sulfonamides is 1. The van der Waals surface area contributed by atoms with Gasteiger partial charge >= 0.3 is 6.29 Å². The van der Waals surface area contributed by atoms with Crippen molar-refractivity contribution in [2.45, 2.75) is 11.2 Å². The summed E-state index contributed by atoms with van der Waals surface area (Å²) in [6, 6.07) is 6.99. The van der Waals surface area contributed by atoms with Crippen molar-refractivity contribution in [3.63, 3.8) is 0 Å². The van der Waals surface area contributed by atoms with Crippen molar-refractivity contribution in [3.05, 3.63) is 47.0 Å². The van der Waals surface area contributed by atoms with Crippen molar-refractivity contribution in [2.75, 3.05) is 5.32 Å². The zero-order valence-electron chi connectivity index (χ0n) is 12.1. The second-order valence-corrected chi connectivity index (χ2v) is 6.94. The fourth-order valence-corrected chi connectivity index (χ4v) is 2.82. The number of halogens is 3. The molecule has 0 unspecified atom stereocenters. The molecule has 132 valence electrons. The number of nitrogens with two attached hydrogens (primary N) is 1. The van der Waals surface area contributed by atoms with Gasteiger partial charge in [0.25, 0.3) is 5.91 Å². The van der Waals surface area contributed by atoms with Gasteiger partial charge in [-0.3, -0.25) is 4.79 Å². The molecule has 3 N–H and O–H groups in total. The molecule has 0 radical (unpaired) electrons. The van der Waals surface area contributed by atoms with E-state index in [1.54, 1.807) is 0 Å². The Bertz CT molecular complexity index is 981. The molecular formula is C14H9ClF2N2O5S. The van der Waals surface area contributed by atoms with Crippen molar-refractivity contribution in [1.29, 1.82) is 0 Å². The van der Waals surface area contributed by atoms with E-state index in [4.69, 9.17) is 16.7 Å². The number of primary sulfonamides is 1. The van der Waals surface area contributed by atoms with Gasteiger partial charge in [0.05, 0.1) is 15.5 Å². The highest BCUT2D eigenvalue weighted by molar-refractivity contribution is 7.89. The first-order valence-corrected chi connectivity index (χ1v) is 8.51. The van der Waals surface area contributed by atoms with E-state index in [1.165, 1.54) is 18.2 Å². The Morgan fingerprint density at radius 2 is 1.80 bits per heavy atom. The number of hydrogen-bond acceptors (Lipinski definition) is 5. The van der Waals surface area contributed by atoms with Crippen LogP contribution in [0.5, 0.6) is 11.5 Å². The summed E-state index contributed by atoms with van der Waals surface area (Å²) in [4.78, 5) is 12.0. The molecule has 1 heterocycles. The van der Waals surface area contributed by atoms with Gasteiger partial charge in [0, 0.05) is 11.8 Å². The summed E-state index contributed by atoms with van der Waals surface area (Å²) in [6.45, 7) is 0. The second kappa shape index (κ2) is 5.83. The minimum atomic E-state index is -4.03. The summed E-state index contributed by atoms with van der Waals surface area (Å²) in [7, 11) is -4.03. The molecule has 0 saturated carbocycles. The highest BCUT2D eigenvalue weighted by Gasteiger charge is 2.43. The van der Waals surface area contributed by atoms with Gasteiger partial charge in [0.1, 0.15) is 0 Å². The number of amides is 1. The van der Waals surface area contributed by atoms with E-state index in [2.05, 4.69) is 14.8 Å². The van der Waals surface area contributed by atoms with Crippen LogP contribution in [0.15, 0.2) is 41.3 Å². The van der Waals surface area contributed by atoms with Gasteiger partial charge in [0.2, 0.25) is 10.0 Å². The normalized spacial score (nSPS) is 15.0. The first kappa shape index (κ1) is 17.4. The predicted molar refractivity (Wildman–Crippen MR) is 83.4 cm³/mol. The Kier molecular flexibility index (Phi) is 4.06. The standard InChI is InChI=1S/C14H9ClF2N2O5S/c15-10-3-2-8(25(18,21)22)6-9(10)13(20)19-7-1-4-11-12(5-7)24-14(16,17)23-11/h1-6H,(H,19,20)(H2,18,21,22). The van der Waals surface area contributed by atoms with E-state index in [9.17, 15) is 22.0 Å².